The van der Waals surface area contributed by atoms with Crippen LogP contribution in [0.1, 0.15) is 12.6 Å². The van der Waals surface area contributed by atoms with Crippen LogP contribution in [0.2, 0.25) is 5.02 Å². The summed E-state index contributed by atoms with van der Waals surface area (Å²) >= 11 is 5.63. The van der Waals surface area contributed by atoms with E-state index < -0.39 is 21.2 Å². The highest BCUT2D eigenvalue weighted by Crippen LogP contribution is 2.31. The number of sulfonamides is 1. The largest absolute Gasteiger partial charge is 0.611 e. The van der Waals surface area contributed by atoms with Gasteiger partial charge in [0.2, 0.25) is 11.0 Å². The monoisotopic (exact) mass is 509 g/mol. The van der Waals surface area contributed by atoms with Gasteiger partial charge in [-0.1, -0.05) is 29.8 Å². The van der Waals surface area contributed by atoms with Crippen LogP contribution in [0.15, 0.2) is 68.3 Å². The number of thiazole rings is 1. The second kappa shape index (κ2) is 9.12. The molecular weight excluding hydrogens is 494 g/mol. The van der Waals surface area contributed by atoms with Crippen molar-refractivity contribution in [2.75, 3.05) is 10.0 Å². The molecule has 2 heterocycles. The molecule has 0 spiro atoms. The van der Waals surface area contributed by atoms with Crippen LogP contribution in [0.25, 0.3) is 11.0 Å². The number of hydrogen-bond acceptors (Lipinski definition) is 7. The minimum atomic E-state index is -4.10. The summed E-state index contributed by atoms with van der Waals surface area (Å²) in [6.45, 7) is 1.37. The fraction of sp³-hybridized carbons (Fsp3) is 0.100. The smallest absolute Gasteiger partial charge is 0.295 e. The van der Waals surface area contributed by atoms with Crippen molar-refractivity contribution >= 4 is 71.8 Å². The average Bonchev–Trinajstić information content (AvgIpc) is 3.34. The van der Waals surface area contributed by atoms with Gasteiger partial charge >= 0.3 is 0 Å². The lowest BCUT2D eigenvalue weighted by molar-refractivity contribution is -0.114. The lowest BCUT2D eigenvalue weighted by Gasteiger charge is -2.14. The lowest BCUT2D eigenvalue weighted by atomic mass is 10.3. The molecule has 12 heteroatoms. The highest BCUT2D eigenvalue weighted by atomic mass is 35.5. The first kappa shape index (κ1) is 22.6. The zero-order chi connectivity index (χ0) is 22.9. The van der Waals surface area contributed by atoms with Gasteiger partial charge in [0, 0.05) is 28.8 Å². The number of carbonyl (C=O) groups is 1. The number of nitrogens with one attached hydrogen (secondary N) is 2. The predicted molar refractivity (Wildman–Crippen MR) is 125 cm³/mol. The van der Waals surface area contributed by atoms with Crippen LogP contribution >= 0.6 is 22.9 Å². The highest BCUT2D eigenvalue weighted by molar-refractivity contribution is 7.93. The van der Waals surface area contributed by atoms with E-state index in [4.69, 9.17) is 16.0 Å². The molecule has 166 valence electrons. The SMILES string of the molecule is CC(=O)Nc1nc(C[S+]([O-])c2ccc(Cl)cc2NS(=O)(=O)c2cc3ccccc3o2)cs1. The van der Waals surface area contributed by atoms with Crippen molar-refractivity contribution in [3.05, 3.63) is 64.6 Å². The van der Waals surface area contributed by atoms with Gasteiger partial charge in [0.05, 0.1) is 0 Å². The molecule has 0 fully saturated rings. The van der Waals surface area contributed by atoms with Gasteiger partial charge < -0.3 is 14.3 Å². The number of benzene rings is 2. The molecule has 8 nitrogen and oxygen atoms in total. The van der Waals surface area contributed by atoms with Crippen LogP contribution < -0.4 is 10.0 Å². The molecule has 0 aliphatic rings. The maximum atomic E-state index is 13.0. The summed E-state index contributed by atoms with van der Waals surface area (Å²) in [5.41, 5.74) is 1.01. The Labute approximate surface area is 195 Å². The van der Waals surface area contributed by atoms with Crippen LogP contribution in [0.4, 0.5) is 10.8 Å². The number of halogens is 1. The predicted octanol–water partition coefficient (Wildman–Crippen LogP) is 4.61. The van der Waals surface area contributed by atoms with Crippen molar-refractivity contribution < 1.29 is 22.2 Å². The third kappa shape index (κ3) is 5.08. The van der Waals surface area contributed by atoms with Crippen LogP contribution in [0.5, 0.6) is 0 Å². The summed E-state index contributed by atoms with van der Waals surface area (Å²) in [5.74, 6) is -0.233. The first-order valence-electron chi connectivity index (χ1n) is 9.12. The Hall–Kier alpha value is -2.57. The van der Waals surface area contributed by atoms with Crippen LogP contribution in [-0.4, -0.2) is 23.9 Å². The van der Waals surface area contributed by atoms with Gasteiger partial charge in [-0.25, -0.2) is 4.98 Å². The molecule has 1 unspecified atom stereocenters. The van der Waals surface area contributed by atoms with Gasteiger partial charge in [0.1, 0.15) is 17.0 Å². The summed E-state index contributed by atoms with van der Waals surface area (Å²) in [4.78, 5) is 15.6. The van der Waals surface area contributed by atoms with Gasteiger partial charge in [0.15, 0.2) is 15.8 Å². The van der Waals surface area contributed by atoms with Crippen molar-refractivity contribution in [3.63, 3.8) is 0 Å². The number of amides is 1. The van der Waals surface area contributed by atoms with Crippen molar-refractivity contribution in [2.24, 2.45) is 0 Å². The maximum absolute atomic E-state index is 13.0. The zero-order valence-electron chi connectivity index (χ0n) is 16.5. The Morgan fingerprint density at radius 3 is 2.78 bits per heavy atom. The van der Waals surface area contributed by atoms with Gasteiger partial charge in [0.25, 0.3) is 10.0 Å². The van der Waals surface area contributed by atoms with Crippen LogP contribution in [-0.2, 0) is 31.7 Å². The Morgan fingerprint density at radius 2 is 2.03 bits per heavy atom. The van der Waals surface area contributed by atoms with Crippen LogP contribution in [0.3, 0.4) is 0 Å². The third-order valence-corrected chi connectivity index (χ3v) is 7.88. The van der Waals surface area contributed by atoms with Crippen molar-refractivity contribution in [3.8, 4) is 0 Å². The highest BCUT2D eigenvalue weighted by Gasteiger charge is 2.25. The summed E-state index contributed by atoms with van der Waals surface area (Å²) in [5, 5.41) is 5.28. The Kier molecular flexibility index (Phi) is 6.45. The molecule has 1 amide bonds. The Bertz CT molecular complexity index is 1370. The molecule has 2 N–H and O–H groups in total. The van der Waals surface area contributed by atoms with E-state index in [2.05, 4.69) is 15.0 Å². The van der Waals surface area contributed by atoms with E-state index in [0.29, 0.717) is 21.8 Å². The fourth-order valence-electron chi connectivity index (χ4n) is 2.86. The second-order valence-electron chi connectivity index (χ2n) is 6.66. The molecule has 1 atom stereocenters. The normalized spacial score (nSPS) is 12.6. The first-order chi connectivity index (χ1) is 15.2. The van der Waals surface area contributed by atoms with E-state index in [1.54, 1.807) is 29.6 Å². The summed E-state index contributed by atoms with van der Waals surface area (Å²) < 4.78 is 46.8. The molecule has 0 aliphatic heterocycles. The summed E-state index contributed by atoms with van der Waals surface area (Å²) in [7, 11) is -4.10. The van der Waals surface area contributed by atoms with E-state index in [1.165, 1.54) is 42.5 Å². The topological polar surface area (TPSA) is 124 Å². The Balaban J connectivity index is 1.60. The van der Waals surface area contributed by atoms with E-state index in [9.17, 15) is 17.8 Å². The minimum Gasteiger partial charge on any atom is -0.611 e. The van der Waals surface area contributed by atoms with Crippen LogP contribution in [0, 0.1) is 0 Å². The quantitative estimate of drug-likeness (QED) is 0.350. The number of hydrogen-bond donors (Lipinski definition) is 2. The van der Waals surface area contributed by atoms with Gasteiger partial charge in [-0.2, -0.15) is 8.42 Å². The summed E-state index contributed by atoms with van der Waals surface area (Å²) in [6.07, 6.45) is 0. The van der Waals surface area contributed by atoms with Gasteiger partial charge in [-0.3, -0.25) is 9.52 Å². The molecule has 4 rings (SSSR count). The zero-order valence-corrected chi connectivity index (χ0v) is 19.7. The lowest BCUT2D eigenvalue weighted by Crippen LogP contribution is -2.16. The molecular formula is C20H16ClN3O5S3. The Morgan fingerprint density at radius 1 is 1.25 bits per heavy atom. The average molecular weight is 510 g/mol. The molecule has 2 aromatic carbocycles. The fourth-order valence-corrected chi connectivity index (χ4v) is 6.15. The molecule has 4 aromatic rings. The van der Waals surface area contributed by atoms with E-state index in [0.717, 1.165) is 0 Å². The van der Waals surface area contributed by atoms with E-state index >= 15 is 0 Å². The van der Waals surface area contributed by atoms with E-state index in [-0.39, 0.29) is 32.4 Å². The number of para-hydroxylation sites is 1. The molecule has 0 aliphatic carbocycles. The summed E-state index contributed by atoms with van der Waals surface area (Å²) in [6, 6.07) is 12.7. The molecule has 0 saturated heterocycles. The number of aromatic nitrogens is 1. The number of carbonyl (C=O) groups excluding carboxylic acids is 1. The number of rotatable bonds is 7. The number of nitrogens with zero attached hydrogens (tertiary/aromatic N) is 1. The molecule has 2 aromatic heterocycles. The molecule has 32 heavy (non-hydrogen) atoms. The number of furan rings is 1. The van der Waals surface area contributed by atoms with Gasteiger partial charge in [-0.15, -0.1) is 11.3 Å². The maximum Gasteiger partial charge on any atom is 0.295 e. The molecule has 0 radical (unpaired) electrons. The van der Waals surface area contributed by atoms with E-state index in [1.807, 2.05) is 0 Å². The number of anilines is 2. The van der Waals surface area contributed by atoms with Gasteiger partial charge in [-0.05, 0) is 35.4 Å². The second-order valence-corrected chi connectivity index (χ2v) is 11.0. The van der Waals surface area contributed by atoms with Crippen molar-refractivity contribution in [1.29, 1.82) is 0 Å². The molecule has 0 saturated carbocycles. The first-order valence-corrected chi connectivity index (χ1v) is 13.2. The number of fused-ring (bicyclic) bond motifs is 1. The molecule has 0 bridgehead atoms. The van der Waals surface area contributed by atoms with Crippen molar-refractivity contribution in [2.45, 2.75) is 22.7 Å². The standard InChI is InChI=1S/C20H16ClN3O5S3/c1-12(25)22-20-23-15(10-30-20)11-31(26)18-7-6-14(21)9-16(18)24-32(27,28)19-8-13-4-2-3-5-17(13)29-19/h2-10,24H,11H2,1H3,(H,22,23,25). The third-order valence-electron chi connectivity index (χ3n) is 4.21. The van der Waals surface area contributed by atoms with Crippen molar-refractivity contribution in [1.82, 2.24) is 4.98 Å². The minimum absolute atomic E-state index is 0.0249.